The number of thioether (sulfide) groups is 1. The summed E-state index contributed by atoms with van der Waals surface area (Å²) >= 11 is 13.9. The number of ketones is 3. The van der Waals surface area contributed by atoms with E-state index in [2.05, 4.69) is 22.7 Å². The van der Waals surface area contributed by atoms with Crippen molar-refractivity contribution < 1.29 is 70.5 Å². The second-order valence-corrected chi connectivity index (χ2v) is 24.9. The van der Waals surface area contributed by atoms with Crippen molar-refractivity contribution in [2.75, 3.05) is 56.4 Å². The number of nitrogens with two attached hydrogens (primary N) is 1. The quantitative estimate of drug-likeness (QED) is 0.0135. The maximum Gasteiger partial charge on any atom is 0.325 e. The number of alkyl halides is 1. The Bertz CT molecular complexity index is 3150. The minimum atomic E-state index is -3.70. The van der Waals surface area contributed by atoms with Gasteiger partial charge in [0.05, 0.1) is 51.6 Å². The van der Waals surface area contributed by atoms with Crippen LogP contribution in [0.4, 0.5) is 21.5 Å². The smallest absolute Gasteiger partial charge is 0.325 e. The van der Waals surface area contributed by atoms with Gasteiger partial charge < -0.3 is 30.1 Å². The van der Waals surface area contributed by atoms with Gasteiger partial charge in [-0.25, -0.2) is 22.5 Å². The van der Waals surface area contributed by atoms with Gasteiger partial charge in [-0.2, -0.15) is 0 Å². The molecular formula is C49H62Cl2FN6O16PS3. The Morgan fingerprint density at radius 2 is 1.69 bits per heavy atom. The number of carbonyl (C=O) groups excluding carboxylic acids is 5. The molecule has 1 saturated carbocycles. The summed E-state index contributed by atoms with van der Waals surface area (Å²) in [5.74, 6) is -5.79. The van der Waals surface area contributed by atoms with Gasteiger partial charge in [-0.15, -0.1) is 23.4 Å². The van der Waals surface area contributed by atoms with Crippen molar-refractivity contribution >= 4 is 116 Å². The molecule has 1 fully saturated rings. The summed E-state index contributed by atoms with van der Waals surface area (Å²) in [7, 11) is -3.87. The normalized spacial score (nSPS) is 15.1. The summed E-state index contributed by atoms with van der Waals surface area (Å²) in [6.07, 6.45) is 4.14. The van der Waals surface area contributed by atoms with Crippen LogP contribution in [0.1, 0.15) is 73.9 Å². The Morgan fingerprint density at radius 1 is 1.06 bits per heavy atom. The zero-order valence-electron chi connectivity index (χ0n) is 43.8. The van der Waals surface area contributed by atoms with Gasteiger partial charge in [0.1, 0.15) is 29.3 Å². The van der Waals surface area contributed by atoms with Crippen LogP contribution >= 0.6 is 53.7 Å². The third-order valence-electron chi connectivity index (χ3n) is 11.6. The van der Waals surface area contributed by atoms with Crippen molar-refractivity contribution in [1.82, 2.24) is 9.36 Å². The zero-order chi connectivity index (χ0) is 58.8. The fourth-order valence-corrected chi connectivity index (χ4v) is 11.2. The molecule has 0 spiro atoms. The number of carboxylic acids is 1. The summed E-state index contributed by atoms with van der Waals surface area (Å²) in [6.45, 7) is 9.07. The third kappa shape index (κ3) is 19.4. The predicted octanol–water partition coefficient (Wildman–Crippen LogP) is 6.77. The number of hydrogen-bond donors (Lipinski definition) is 3. The largest absolute Gasteiger partial charge is 0.480 e. The zero-order valence-corrected chi connectivity index (χ0v) is 48.6. The highest BCUT2D eigenvalue weighted by Gasteiger charge is 2.39. The molecule has 0 saturated heterocycles. The highest BCUT2D eigenvalue weighted by Crippen LogP contribution is 2.36. The monoisotopic (exact) mass is 1210 g/mol. The first-order valence-electron chi connectivity index (χ1n) is 23.9. The topological polar surface area (TPSA) is 324 Å². The van der Waals surface area contributed by atoms with Crippen molar-refractivity contribution in [3.63, 3.8) is 0 Å². The minimum Gasteiger partial charge on any atom is -0.480 e. The van der Waals surface area contributed by atoms with Crippen LogP contribution in [0.5, 0.6) is 0 Å². The number of rotatable bonds is 18. The molecule has 4 aromatic rings. The number of para-hydroxylation sites is 1. The lowest BCUT2D eigenvalue weighted by Crippen LogP contribution is -2.43. The van der Waals surface area contributed by atoms with Gasteiger partial charge in [-0.05, 0) is 92.7 Å². The Kier molecular flexibility index (Phi) is 26.4. The van der Waals surface area contributed by atoms with E-state index in [1.807, 2.05) is 26.0 Å². The van der Waals surface area contributed by atoms with Gasteiger partial charge in [0.15, 0.2) is 34.6 Å². The van der Waals surface area contributed by atoms with Gasteiger partial charge in [-0.1, -0.05) is 36.7 Å². The molecule has 6 rings (SSSR count). The number of halogens is 3. The molecule has 2 aliphatic rings. The molecular weight excluding hydrogens is 1150 g/mol. The average Bonchev–Trinajstić information content (AvgIpc) is 3.71. The molecule has 78 heavy (non-hydrogen) atoms. The average molecular weight is 1210 g/mol. The van der Waals surface area contributed by atoms with Crippen LogP contribution < -0.4 is 20.3 Å². The van der Waals surface area contributed by atoms with Crippen molar-refractivity contribution in [3.05, 3.63) is 101 Å². The summed E-state index contributed by atoms with van der Waals surface area (Å²) in [6, 6.07) is 10.4. The molecule has 2 heterocycles. The number of hydrogen-bond acceptors (Lipinski definition) is 18. The van der Waals surface area contributed by atoms with E-state index in [0.29, 0.717) is 35.8 Å². The van der Waals surface area contributed by atoms with E-state index in [-0.39, 0.29) is 69.5 Å². The van der Waals surface area contributed by atoms with E-state index in [9.17, 15) is 61.0 Å². The van der Waals surface area contributed by atoms with Crippen LogP contribution in [0, 0.1) is 28.8 Å². The van der Waals surface area contributed by atoms with Crippen LogP contribution in [-0.4, -0.2) is 132 Å². The number of nitro benzene ring substituents is 1. The van der Waals surface area contributed by atoms with Crippen LogP contribution in [0.15, 0.2) is 68.1 Å². The van der Waals surface area contributed by atoms with Crippen molar-refractivity contribution in [1.29, 1.82) is 0 Å². The molecule has 0 radical (unpaired) electrons. The van der Waals surface area contributed by atoms with Crippen LogP contribution in [0.2, 0.25) is 5.02 Å². The maximum absolute atomic E-state index is 14.3. The van der Waals surface area contributed by atoms with Gasteiger partial charge >= 0.3 is 16.8 Å². The predicted molar refractivity (Wildman–Crippen MR) is 294 cm³/mol. The molecule has 1 amide bonds. The molecule has 428 valence electrons. The number of ether oxygens (including phenoxy) is 2. The minimum absolute atomic E-state index is 0.0223. The third-order valence-corrected chi connectivity index (χ3v) is 16.4. The SMILES string of the molecule is CCc1cccc(C)c1N(C(=O)CCl)C(C)COC.COC(=O)CSc1cc(/N=c2\sc(=O)n3n2CCCC3)c(F)cc1Cl.CP(=O)(O)CCC(N)C(=O)O.CS(=O)(=O)c1ccc(C(=O)C2C(=O)CCCC2=O)c([N+](=O)[O-])c1. The Labute approximate surface area is 467 Å². The Balaban J connectivity index is 0.000000283. The lowest BCUT2D eigenvalue weighted by atomic mass is 9.81. The number of nitro groups is 1. The van der Waals surface area contributed by atoms with E-state index in [0.717, 1.165) is 89.7 Å². The number of benzene rings is 3. The van der Waals surface area contributed by atoms with Gasteiger partial charge in [0.25, 0.3) is 5.69 Å². The van der Waals surface area contributed by atoms with Gasteiger partial charge in [0.2, 0.25) is 10.7 Å². The second kappa shape index (κ2) is 30.8. The molecule has 3 unspecified atom stereocenters. The second-order valence-electron chi connectivity index (χ2n) is 17.8. The first-order chi connectivity index (χ1) is 36.5. The molecule has 29 heteroatoms. The Morgan fingerprint density at radius 3 is 2.23 bits per heavy atom. The van der Waals surface area contributed by atoms with Crippen molar-refractivity contribution in [3.8, 4) is 0 Å². The number of esters is 1. The lowest BCUT2D eigenvalue weighted by molar-refractivity contribution is -0.385. The van der Waals surface area contributed by atoms with Crippen LogP contribution in [0.3, 0.4) is 0 Å². The Hall–Kier alpha value is -5.44. The number of sulfone groups is 1. The molecule has 4 N–H and O–H groups in total. The van der Waals surface area contributed by atoms with E-state index in [4.69, 9.17) is 43.7 Å². The number of aliphatic carboxylic acids is 1. The van der Waals surface area contributed by atoms with Crippen LogP contribution in [0.25, 0.3) is 0 Å². The first-order valence-corrected chi connectivity index (χ1v) is 30.8. The standard InChI is InChI=1S/C15H15ClFN3O3S2.C15H22ClNO2.C14H13NO7S.C5H12NO4P/c1-23-13(21)8-24-12-7-11(10(17)6-9(12)16)18-14-19-4-2-3-5-20(19)15(22)25-14;1-5-13-8-6-7-11(2)15(13)17(14(18)9-16)12(3)10-19-4;1-23(21,22)8-5-6-9(10(7-8)15(19)20)14(18)13-11(16)3-2-4-12(13)17;1-11(9,10)3-2-4(6)5(7)8/h6-7H,2-5,8H2,1H3;6-8,12H,5,9-10H2,1-4H3;5-7,13H,2-4H2,1H3;4H,2-3,6H2,1H3,(H,7,8)(H,9,10)/b18-14-;;;. The van der Waals surface area contributed by atoms with Gasteiger partial charge in [-0.3, -0.25) is 52.9 Å². The summed E-state index contributed by atoms with van der Waals surface area (Å²) < 4.78 is 61.0. The molecule has 3 atom stereocenters. The number of methoxy groups -OCH3 is 2. The molecule has 0 bridgehead atoms. The maximum atomic E-state index is 14.3. The van der Waals surface area contributed by atoms with Crippen molar-refractivity contribution in [2.24, 2.45) is 16.6 Å². The fraction of sp³-hybridized carbons (Fsp3) is 0.469. The number of nitrogens with zero attached hydrogens (tertiary/aromatic N) is 5. The molecule has 1 aliphatic carbocycles. The fourth-order valence-electron chi connectivity index (χ4n) is 7.71. The molecule has 3 aromatic carbocycles. The number of aryl methyl sites for hydroxylation is 2. The van der Waals surface area contributed by atoms with Crippen LogP contribution in [-0.2, 0) is 67.4 Å². The number of fused-ring (bicyclic) bond motifs is 1. The number of Topliss-reactive ketones (excluding diaryl/α,β-unsaturated/α-hetero) is 3. The summed E-state index contributed by atoms with van der Waals surface area (Å²) in [5, 5.41) is 19.6. The highest BCUT2D eigenvalue weighted by molar-refractivity contribution is 8.00. The molecule has 22 nitrogen and oxygen atoms in total. The highest BCUT2D eigenvalue weighted by atomic mass is 35.5. The lowest BCUT2D eigenvalue weighted by Gasteiger charge is -2.31. The first kappa shape index (κ1) is 66.8. The van der Waals surface area contributed by atoms with E-state index in [1.54, 1.807) is 21.4 Å². The van der Waals surface area contributed by atoms with Gasteiger partial charge in [0, 0.05) is 63.1 Å². The summed E-state index contributed by atoms with van der Waals surface area (Å²) in [5.41, 5.74) is 7.22. The number of anilines is 1. The van der Waals surface area contributed by atoms with E-state index >= 15 is 0 Å². The number of amides is 1. The number of carboxylic acid groups (broad SMARTS) is 1. The number of carbonyl (C=O) groups is 6. The van der Waals surface area contributed by atoms with E-state index in [1.165, 1.54) is 19.8 Å². The molecule has 1 aliphatic heterocycles. The summed E-state index contributed by atoms with van der Waals surface area (Å²) in [4.78, 5) is 107. The molecule has 1 aromatic heterocycles. The van der Waals surface area contributed by atoms with E-state index < -0.39 is 80.4 Å². The van der Waals surface area contributed by atoms with Crippen molar-refractivity contribution in [2.45, 2.75) is 101 Å². The number of aromatic nitrogens is 2.